The highest BCUT2D eigenvalue weighted by molar-refractivity contribution is 5.76. The summed E-state index contributed by atoms with van der Waals surface area (Å²) in [5, 5.41) is 6.64. The van der Waals surface area contributed by atoms with Crippen molar-refractivity contribution in [2.45, 2.75) is 64.3 Å². The average Bonchev–Trinajstić information content (AvgIpc) is 2.38. The summed E-state index contributed by atoms with van der Waals surface area (Å²) in [5.41, 5.74) is 0. The molecule has 2 rings (SSSR count). The first-order valence-electron chi connectivity index (χ1n) is 7.74. The largest absolute Gasteiger partial charge is 0.353 e. The zero-order valence-electron chi connectivity index (χ0n) is 11.7. The molecule has 1 saturated carbocycles. The van der Waals surface area contributed by atoms with E-state index in [2.05, 4.69) is 17.6 Å². The maximum absolute atomic E-state index is 11.9. The molecule has 0 aromatic rings. The van der Waals surface area contributed by atoms with Gasteiger partial charge in [0, 0.05) is 12.5 Å². The minimum atomic E-state index is 0.277. The van der Waals surface area contributed by atoms with Crippen molar-refractivity contribution < 1.29 is 4.79 Å². The predicted octanol–water partition coefficient (Wildman–Crippen LogP) is 2.46. The van der Waals surface area contributed by atoms with Crippen LogP contribution in [0.3, 0.4) is 0 Å². The molecule has 3 atom stereocenters. The first kappa shape index (κ1) is 13.9. The molecule has 0 aromatic carbocycles. The molecular weight excluding hydrogens is 224 g/mol. The number of nitrogens with one attached hydrogen (secondary N) is 2. The summed E-state index contributed by atoms with van der Waals surface area (Å²) in [6.07, 6.45) is 9.31. The third-order valence-electron chi connectivity index (χ3n) is 4.48. The minimum Gasteiger partial charge on any atom is -0.353 e. The lowest BCUT2D eigenvalue weighted by molar-refractivity contribution is -0.122. The lowest BCUT2D eigenvalue weighted by Crippen LogP contribution is -2.38. The van der Waals surface area contributed by atoms with Crippen LogP contribution in [0.2, 0.25) is 0 Å². The lowest BCUT2D eigenvalue weighted by Gasteiger charge is -2.28. The number of piperidine rings is 1. The first-order chi connectivity index (χ1) is 8.74. The highest BCUT2D eigenvalue weighted by atomic mass is 16.1. The highest BCUT2D eigenvalue weighted by Gasteiger charge is 2.21. The third-order valence-corrected chi connectivity index (χ3v) is 4.48. The number of amides is 1. The molecule has 18 heavy (non-hydrogen) atoms. The quantitative estimate of drug-likeness (QED) is 0.807. The molecule has 1 amide bonds. The van der Waals surface area contributed by atoms with Gasteiger partial charge in [0.05, 0.1) is 0 Å². The van der Waals surface area contributed by atoms with Gasteiger partial charge in [-0.25, -0.2) is 0 Å². The molecule has 2 N–H and O–H groups in total. The fourth-order valence-electron chi connectivity index (χ4n) is 3.37. The molecule has 0 aromatic heterocycles. The Hall–Kier alpha value is -0.570. The summed E-state index contributed by atoms with van der Waals surface area (Å²) in [5.74, 6) is 1.78. The van der Waals surface area contributed by atoms with E-state index in [1.807, 2.05) is 0 Å². The summed E-state index contributed by atoms with van der Waals surface area (Å²) >= 11 is 0. The Morgan fingerprint density at radius 1 is 1.28 bits per heavy atom. The normalized spacial score (nSPS) is 33.1. The van der Waals surface area contributed by atoms with Crippen molar-refractivity contribution in [2.24, 2.45) is 11.8 Å². The van der Waals surface area contributed by atoms with Crippen LogP contribution in [0.15, 0.2) is 0 Å². The van der Waals surface area contributed by atoms with Gasteiger partial charge >= 0.3 is 0 Å². The van der Waals surface area contributed by atoms with Crippen LogP contribution in [0.4, 0.5) is 0 Å². The van der Waals surface area contributed by atoms with Gasteiger partial charge in [0.25, 0.3) is 0 Å². The van der Waals surface area contributed by atoms with Crippen LogP contribution in [0.25, 0.3) is 0 Å². The molecule has 3 unspecified atom stereocenters. The van der Waals surface area contributed by atoms with Crippen molar-refractivity contribution in [1.29, 1.82) is 0 Å². The second kappa shape index (κ2) is 7.13. The molecule has 1 saturated heterocycles. The second-order valence-corrected chi connectivity index (χ2v) is 6.29. The van der Waals surface area contributed by atoms with E-state index in [-0.39, 0.29) is 5.91 Å². The summed E-state index contributed by atoms with van der Waals surface area (Å²) in [4.78, 5) is 11.9. The number of rotatable bonds is 4. The third kappa shape index (κ3) is 4.60. The smallest absolute Gasteiger partial charge is 0.220 e. The van der Waals surface area contributed by atoms with E-state index < -0.39 is 0 Å². The molecule has 2 fully saturated rings. The van der Waals surface area contributed by atoms with E-state index in [1.165, 1.54) is 38.5 Å². The van der Waals surface area contributed by atoms with E-state index in [1.54, 1.807) is 0 Å². The molecule has 3 heteroatoms. The van der Waals surface area contributed by atoms with Crippen LogP contribution >= 0.6 is 0 Å². The SMILES string of the molecule is CC1CCCC(NC(=O)CCC2CCCNC2)C1. The molecule has 0 bridgehead atoms. The van der Waals surface area contributed by atoms with Gasteiger partial charge in [-0.1, -0.05) is 19.8 Å². The topological polar surface area (TPSA) is 41.1 Å². The van der Waals surface area contributed by atoms with Crippen LogP contribution < -0.4 is 10.6 Å². The number of carbonyl (C=O) groups excluding carboxylic acids is 1. The highest BCUT2D eigenvalue weighted by Crippen LogP contribution is 2.23. The Kier molecular flexibility index (Phi) is 5.48. The van der Waals surface area contributed by atoms with Gasteiger partial charge in [-0.2, -0.15) is 0 Å². The number of hydrogen-bond donors (Lipinski definition) is 2. The van der Waals surface area contributed by atoms with Gasteiger partial charge in [0.2, 0.25) is 5.91 Å². The summed E-state index contributed by atoms with van der Waals surface area (Å²) in [6, 6.07) is 0.450. The van der Waals surface area contributed by atoms with Crippen LogP contribution in [-0.4, -0.2) is 25.0 Å². The molecule has 3 nitrogen and oxygen atoms in total. The van der Waals surface area contributed by atoms with Crippen LogP contribution in [-0.2, 0) is 4.79 Å². The van der Waals surface area contributed by atoms with E-state index in [4.69, 9.17) is 0 Å². The van der Waals surface area contributed by atoms with Crippen molar-refractivity contribution >= 4 is 5.91 Å². The Balaban J connectivity index is 1.62. The Morgan fingerprint density at radius 3 is 2.89 bits per heavy atom. The molecule has 104 valence electrons. The molecule has 0 radical (unpaired) electrons. The van der Waals surface area contributed by atoms with Gasteiger partial charge < -0.3 is 10.6 Å². The van der Waals surface area contributed by atoms with Crippen LogP contribution in [0, 0.1) is 11.8 Å². The number of carbonyl (C=O) groups is 1. The van der Waals surface area contributed by atoms with Gasteiger partial charge in [0.15, 0.2) is 0 Å². The van der Waals surface area contributed by atoms with Gasteiger partial charge in [-0.3, -0.25) is 4.79 Å². The minimum absolute atomic E-state index is 0.277. The summed E-state index contributed by atoms with van der Waals surface area (Å²) in [6.45, 7) is 4.56. The first-order valence-corrected chi connectivity index (χ1v) is 7.74. The molecule has 1 aliphatic carbocycles. The monoisotopic (exact) mass is 252 g/mol. The maximum atomic E-state index is 11.9. The number of hydrogen-bond acceptors (Lipinski definition) is 2. The average molecular weight is 252 g/mol. The maximum Gasteiger partial charge on any atom is 0.220 e. The molecule has 1 aliphatic heterocycles. The van der Waals surface area contributed by atoms with E-state index in [0.29, 0.717) is 6.04 Å². The van der Waals surface area contributed by atoms with Crippen molar-refractivity contribution in [3.63, 3.8) is 0 Å². The van der Waals surface area contributed by atoms with Crippen molar-refractivity contribution in [2.75, 3.05) is 13.1 Å². The predicted molar refractivity (Wildman–Crippen MR) is 74.4 cm³/mol. The van der Waals surface area contributed by atoms with E-state index in [0.717, 1.165) is 37.8 Å². The van der Waals surface area contributed by atoms with Crippen molar-refractivity contribution in [1.82, 2.24) is 10.6 Å². The Morgan fingerprint density at radius 2 is 2.17 bits per heavy atom. The summed E-state index contributed by atoms with van der Waals surface area (Å²) < 4.78 is 0. The summed E-state index contributed by atoms with van der Waals surface area (Å²) in [7, 11) is 0. The van der Waals surface area contributed by atoms with Crippen molar-refractivity contribution in [3.8, 4) is 0 Å². The zero-order valence-corrected chi connectivity index (χ0v) is 11.7. The second-order valence-electron chi connectivity index (χ2n) is 6.29. The Bertz CT molecular complexity index is 261. The van der Waals surface area contributed by atoms with Gasteiger partial charge in [-0.15, -0.1) is 0 Å². The van der Waals surface area contributed by atoms with Crippen LogP contribution in [0.1, 0.15) is 58.3 Å². The molecule has 1 heterocycles. The fourth-order valence-corrected chi connectivity index (χ4v) is 3.37. The standard InChI is InChI=1S/C15H28N2O/c1-12-4-2-6-14(10-12)17-15(18)8-7-13-5-3-9-16-11-13/h12-14,16H,2-11H2,1H3,(H,17,18). The van der Waals surface area contributed by atoms with Crippen molar-refractivity contribution in [3.05, 3.63) is 0 Å². The van der Waals surface area contributed by atoms with E-state index >= 15 is 0 Å². The van der Waals surface area contributed by atoms with Gasteiger partial charge in [-0.05, 0) is 57.0 Å². The van der Waals surface area contributed by atoms with E-state index in [9.17, 15) is 4.79 Å². The fraction of sp³-hybridized carbons (Fsp3) is 0.933. The molecule has 2 aliphatic rings. The molecular formula is C15H28N2O. The van der Waals surface area contributed by atoms with Gasteiger partial charge in [0.1, 0.15) is 0 Å². The molecule has 0 spiro atoms. The zero-order chi connectivity index (χ0) is 12.8. The Labute approximate surface area is 111 Å². The lowest BCUT2D eigenvalue weighted by atomic mass is 9.87. The van der Waals surface area contributed by atoms with Crippen LogP contribution in [0.5, 0.6) is 0 Å².